The molecule has 0 bridgehead atoms. The van der Waals surface area contributed by atoms with Gasteiger partial charge in [-0.3, -0.25) is 0 Å². The molecule has 0 radical (unpaired) electrons. The van der Waals surface area contributed by atoms with Crippen LogP contribution < -0.4 is 15.1 Å². The molecule has 1 fully saturated rings. The smallest absolute Gasteiger partial charge is 0.406 e. The molecule has 1 aliphatic rings. The van der Waals surface area contributed by atoms with Crippen LogP contribution in [0.3, 0.4) is 0 Å². The summed E-state index contributed by atoms with van der Waals surface area (Å²) in [6.45, 7) is 2.33. The summed E-state index contributed by atoms with van der Waals surface area (Å²) in [4.78, 5) is 15.9. The third-order valence-electron chi connectivity index (χ3n) is 4.11. The van der Waals surface area contributed by atoms with Gasteiger partial charge in [0.05, 0.1) is 12.3 Å². The second-order valence-electron chi connectivity index (χ2n) is 5.95. The summed E-state index contributed by atoms with van der Waals surface area (Å²) >= 11 is 0. The Labute approximate surface area is 148 Å². The minimum Gasteiger partial charge on any atom is -0.406 e. The van der Waals surface area contributed by atoms with E-state index in [4.69, 9.17) is 4.84 Å². The first-order chi connectivity index (χ1) is 12.4. The van der Waals surface area contributed by atoms with Crippen LogP contribution in [0, 0.1) is 5.92 Å². The SMILES string of the molecule is CNOCC1CCN(c2cc(-c3ccc(OC(F)(F)F)cc3)ncn2)C1. The molecule has 3 rings (SSSR count). The third-order valence-corrected chi connectivity index (χ3v) is 4.11. The number of anilines is 1. The van der Waals surface area contributed by atoms with E-state index in [1.54, 1.807) is 19.2 Å². The number of hydroxylamine groups is 1. The van der Waals surface area contributed by atoms with Gasteiger partial charge < -0.3 is 14.5 Å². The molecule has 0 saturated carbocycles. The maximum absolute atomic E-state index is 12.2. The number of halogens is 3. The first-order valence-corrected chi connectivity index (χ1v) is 8.16. The van der Waals surface area contributed by atoms with Gasteiger partial charge in [0.1, 0.15) is 17.9 Å². The van der Waals surface area contributed by atoms with Gasteiger partial charge in [0.15, 0.2) is 0 Å². The van der Waals surface area contributed by atoms with Gasteiger partial charge >= 0.3 is 6.36 Å². The summed E-state index contributed by atoms with van der Waals surface area (Å²) in [6, 6.07) is 7.46. The molecule has 0 amide bonds. The highest BCUT2D eigenvalue weighted by Crippen LogP contribution is 2.28. The van der Waals surface area contributed by atoms with Crippen molar-refractivity contribution >= 4 is 5.82 Å². The van der Waals surface area contributed by atoms with Crippen molar-refractivity contribution in [2.75, 3.05) is 31.6 Å². The molecule has 0 spiro atoms. The largest absolute Gasteiger partial charge is 0.573 e. The minimum atomic E-state index is -4.70. The summed E-state index contributed by atoms with van der Waals surface area (Å²) in [6.07, 6.45) is -2.24. The van der Waals surface area contributed by atoms with Crippen molar-refractivity contribution in [2.45, 2.75) is 12.8 Å². The molecule has 1 atom stereocenters. The van der Waals surface area contributed by atoms with E-state index in [1.807, 2.05) is 6.07 Å². The number of ether oxygens (including phenoxy) is 1. The summed E-state index contributed by atoms with van der Waals surface area (Å²) in [5.74, 6) is 0.944. The molecular weight excluding hydrogens is 349 g/mol. The maximum Gasteiger partial charge on any atom is 0.573 e. The van der Waals surface area contributed by atoms with Crippen molar-refractivity contribution < 1.29 is 22.7 Å². The minimum absolute atomic E-state index is 0.262. The molecule has 9 heteroatoms. The van der Waals surface area contributed by atoms with Gasteiger partial charge in [0.25, 0.3) is 0 Å². The topological polar surface area (TPSA) is 59.5 Å². The van der Waals surface area contributed by atoms with Crippen LogP contribution in [0.15, 0.2) is 36.7 Å². The standard InChI is InChI=1S/C17H19F3N4O2/c1-21-25-10-12-6-7-24(9-12)16-8-15(22-11-23-16)13-2-4-14(5-3-13)26-17(18,19)20/h2-5,8,11-12,21H,6-7,9-10H2,1H3. The van der Waals surface area contributed by atoms with E-state index in [0.717, 1.165) is 25.3 Å². The Hall–Kier alpha value is -2.39. The van der Waals surface area contributed by atoms with E-state index in [9.17, 15) is 13.2 Å². The predicted octanol–water partition coefficient (Wildman–Crippen LogP) is 3.02. The Morgan fingerprint density at radius 1 is 1.23 bits per heavy atom. The molecule has 2 heterocycles. The molecular formula is C17H19F3N4O2. The van der Waals surface area contributed by atoms with Crippen LogP contribution in [0.2, 0.25) is 0 Å². The monoisotopic (exact) mass is 368 g/mol. The predicted molar refractivity (Wildman–Crippen MR) is 89.5 cm³/mol. The van der Waals surface area contributed by atoms with Crippen LogP contribution in [-0.4, -0.2) is 43.1 Å². The average Bonchev–Trinajstić information content (AvgIpc) is 3.08. The first kappa shape index (κ1) is 18.4. The van der Waals surface area contributed by atoms with Crippen molar-refractivity contribution in [3.8, 4) is 17.0 Å². The molecule has 1 aromatic carbocycles. The lowest BCUT2D eigenvalue weighted by Crippen LogP contribution is -2.23. The number of hydrogen-bond donors (Lipinski definition) is 1. The van der Waals surface area contributed by atoms with E-state index >= 15 is 0 Å². The van der Waals surface area contributed by atoms with Crippen molar-refractivity contribution in [3.63, 3.8) is 0 Å². The number of alkyl halides is 3. The molecule has 0 aliphatic carbocycles. The van der Waals surface area contributed by atoms with Gasteiger partial charge in [-0.1, -0.05) is 0 Å². The molecule has 2 aromatic rings. The number of benzene rings is 1. The molecule has 1 saturated heterocycles. The van der Waals surface area contributed by atoms with E-state index in [-0.39, 0.29) is 5.75 Å². The van der Waals surface area contributed by atoms with Crippen LogP contribution in [0.5, 0.6) is 5.75 Å². The van der Waals surface area contributed by atoms with Gasteiger partial charge in [0.2, 0.25) is 0 Å². The normalized spacial score (nSPS) is 17.5. The Kier molecular flexibility index (Phi) is 5.58. The van der Waals surface area contributed by atoms with E-state index < -0.39 is 6.36 Å². The summed E-state index contributed by atoms with van der Waals surface area (Å²) in [7, 11) is 1.73. The van der Waals surface area contributed by atoms with Crippen molar-refractivity contribution in [1.82, 2.24) is 15.4 Å². The van der Waals surface area contributed by atoms with Crippen LogP contribution in [0.4, 0.5) is 19.0 Å². The highest BCUT2D eigenvalue weighted by atomic mass is 19.4. The van der Waals surface area contributed by atoms with Gasteiger partial charge in [-0.2, -0.15) is 0 Å². The fourth-order valence-corrected chi connectivity index (χ4v) is 2.88. The number of nitrogens with zero attached hydrogens (tertiary/aromatic N) is 3. The summed E-state index contributed by atoms with van der Waals surface area (Å²) < 4.78 is 40.6. The number of aromatic nitrogens is 2. The fraction of sp³-hybridized carbons (Fsp3) is 0.412. The molecule has 26 heavy (non-hydrogen) atoms. The van der Waals surface area contributed by atoms with Crippen molar-refractivity contribution in [3.05, 3.63) is 36.7 Å². The molecule has 1 unspecified atom stereocenters. The molecule has 1 N–H and O–H groups in total. The Balaban J connectivity index is 1.69. The van der Waals surface area contributed by atoms with Crippen LogP contribution >= 0.6 is 0 Å². The van der Waals surface area contributed by atoms with Crippen molar-refractivity contribution in [2.24, 2.45) is 5.92 Å². The lowest BCUT2D eigenvalue weighted by atomic mass is 10.1. The Bertz CT molecular complexity index is 725. The second-order valence-corrected chi connectivity index (χ2v) is 5.95. The lowest BCUT2D eigenvalue weighted by Gasteiger charge is -2.18. The maximum atomic E-state index is 12.2. The number of rotatable bonds is 6. The first-order valence-electron chi connectivity index (χ1n) is 8.16. The molecule has 140 valence electrons. The number of hydrogen-bond acceptors (Lipinski definition) is 6. The number of nitrogens with one attached hydrogen (secondary N) is 1. The van der Waals surface area contributed by atoms with Crippen LogP contribution in [0.25, 0.3) is 11.3 Å². The molecule has 6 nitrogen and oxygen atoms in total. The highest BCUT2D eigenvalue weighted by Gasteiger charge is 2.31. The zero-order chi connectivity index (χ0) is 18.6. The molecule has 1 aromatic heterocycles. The lowest BCUT2D eigenvalue weighted by molar-refractivity contribution is -0.274. The summed E-state index contributed by atoms with van der Waals surface area (Å²) in [5.41, 5.74) is 4.01. The quantitative estimate of drug-likeness (QED) is 0.791. The fourth-order valence-electron chi connectivity index (χ4n) is 2.88. The average molecular weight is 368 g/mol. The summed E-state index contributed by atoms with van der Waals surface area (Å²) in [5, 5.41) is 0. The zero-order valence-electron chi connectivity index (χ0n) is 14.2. The van der Waals surface area contributed by atoms with E-state index in [0.29, 0.717) is 23.8 Å². The Morgan fingerprint density at radius 3 is 2.69 bits per heavy atom. The van der Waals surface area contributed by atoms with E-state index in [1.165, 1.54) is 18.5 Å². The van der Waals surface area contributed by atoms with Gasteiger partial charge in [-0.25, -0.2) is 15.4 Å². The highest BCUT2D eigenvalue weighted by molar-refractivity contribution is 5.63. The van der Waals surface area contributed by atoms with Gasteiger partial charge in [-0.05, 0) is 30.7 Å². The van der Waals surface area contributed by atoms with Crippen LogP contribution in [0.1, 0.15) is 6.42 Å². The second kappa shape index (κ2) is 7.88. The Morgan fingerprint density at radius 2 is 2.00 bits per heavy atom. The van der Waals surface area contributed by atoms with Gasteiger partial charge in [0, 0.05) is 37.7 Å². The van der Waals surface area contributed by atoms with Gasteiger partial charge in [-0.15, -0.1) is 13.2 Å². The molecule has 1 aliphatic heterocycles. The van der Waals surface area contributed by atoms with Crippen molar-refractivity contribution in [1.29, 1.82) is 0 Å². The third kappa shape index (κ3) is 4.83. The van der Waals surface area contributed by atoms with Crippen LogP contribution in [-0.2, 0) is 4.84 Å². The van der Waals surface area contributed by atoms with E-state index in [2.05, 4.69) is 25.1 Å². The zero-order valence-corrected chi connectivity index (χ0v) is 14.2.